The fourth-order valence-electron chi connectivity index (χ4n) is 4.01. The molecule has 36 heavy (non-hydrogen) atoms. The monoisotopic (exact) mass is 556 g/mol. The van der Waals surface area contributed by atoms with Crippen molar-refractivity contribution < 1.29 is 18.0 Å². The van der Waals surface area contributed by atoms with Gasteiger partial charge in [-0.3, -0.25) is 9.48 Å². The Balaban J connectivity index is 1.39. The number of nitrogens with zero attached hydrogens (tertiary/aromatic N) is 5. The van der Waals surface area contributed by atoms with Crippen molar-refractivity contribution in [2.75, 3.05) is 5.32 Å². The van der Waals surface area contributed by atoms with Crippen molar-refractivity contribution in [1.29, 1.82) is 0 Å². The van der Waals surface area contributed by atoms with Gasteiger partial charge in [0.2, 0.25) is 5.91 Å². The average Bonchev–Trinajstić information content (AvgIpc) is 3.53. The van der Waals surface area contributed by atoms with E-state index in [0.717, 1.165) is 18.9 Å². The molecule has 13 heteroatoms. The Bertz CT molecular complexity index is 1470. The van der Waals surface area contributed by atoms with Crippen LogP contribution in [0.2, 0.25) is 15.1 Å². The van der Waals surface area contributed by atoms with Crippen molar-refractivity contribution in [2.45, 2.75) is 44.9 Å². The van der Waals surface area contributed by atoms with Crippen molar-refractivity contribution in [3.63, 3.8) is 0 Å². The fourth-order valence-corrected chi connectivity index (χ4v) is 4.73. The lowest BCUT2D eigenvalue weighted by atomic mass is 10.1. The van der Waals surface area contributed by atoms with Gasteiger partial charge in [0.25, 0.3) is 0 Å². The second kappa shape index (κ2) is 9.24. The molecule has 4 aromatic rings. The highest BCUT2D eigenvalue weighted by molar-refractivity contribution is 6.36. The van der Waals surface area contributed by atoms with E-state index in [-0.39, 0.29) is 46.6 Å². The number of alkyl halides is 3. The van der Waals surface area contributed by atoms with Gasteiger partial charge in [-0.05, 0) is 38.0 Å². The van der Waals surface area contributed by atoms with Crippen LogP contribution in [0.1, 0.15) is 41.3 Å². The number of halogens is 6. The van der Waals surface area contributed by atoms with Crippen LogP contribution in [0.25, 0.3) is 11.0 Å². The van der Waals surface area contributed by atoms with E-state index < -0.39 is 17.6 Å². The lowest BCUT2D eigenvalue weighted by Crippen LogP contribution is -2.20. The SMILES string of the molecule is Cc1nn(CC(=O)Nc2nn(Cc3c(Cl)cccc3Cl)cc2Cl)c2nc(C3CC3)cc(C(F)(F)F)c12. The van der Waals surface area contributed by atoms with E-state index in [4.69, 9.17) is 34.8 Å². The normalized spacial score (nSPS) is 14.0. The van der Waals surface area contributed by atoms with Crippen LogP contribution < -0.4 is 5.32 Å². The molecule has 5 rings (SSSR count). The van der Waals surface area contributed by atoms with Gasteiger partial charge in [0.15, 0.2) is 11.5 Å². The maximum absolute atomic E-state index is 13.8. The number of fused-ring (bicyclic) bond motifs is 1. The molecule has 188 valence electrons. The number of hydrogen-bond donors (Lipinski definition) is 1. The summed E-state index contributed by atoms with van der Waals surface area (Å²) in [5.74, 6) is -0.502. The molecule has 0 spiro atoms. The molecule has 1 aromatic carbocycles. The number of pyridine rings is 1. The minimum atomic E-state index is -4.57. The number of benzene rings is 1. The number of carbonyl (C=O) groups is 1. The molecule has 1 N–H and O–H groups in total. The highest BCUT2D eigenvalue weighted by Gasteiger charge is 2.37. The summed E-state index contributed by atoms with van der Waals surface area (Å²) in [5.41, 5.74) is 0.354. The molecule has 3 aromatic heterocycles. The maximum atomic E-state index is 13.8. The van der Waals surface area contributed by atoms with Crippen molar-refractivity contribution >= 4 is 57.6 Å². The second-order valence-corrected chi connectivity index (χ2v) is 9.80. The first-order valence-corrected chi connectivity index (χ1v) is 12.1. The molecular weight excluding hydrogens is 540 g/mol. The Morgan fingerprint density at radius 2 is 1.83 bits per heavy atom. The number of aryl methyl sites for hydroxylation is 1. The van der Waals surface area contributed by atoms with Crippen LogP contribution in [-0.4, -0.2) is 30.5 Å². The van der Waals surface area contributed by atoms with Gasteiger partial charge >= 0.3 is 6.18 Å². The Hall–Kier alpha value is -2.82. The van der Waals surface area contributed by atoms with Crippen LogP contribution in [0.4, 0.5) is 19.0 Å². The molecule has 0 radical (unpaired) electrons. The molecule has 3 heterocycles. The molecule has 1 saturated carbocycles. The third kappa shape index (κ3) is 4.89. The van der Waals surface area contributed by atoms with Gasteiger partial charge in [0, 0.05) is 33.4 Å². The highest BCUT2D eigenvalue weighted by atomic mass is 35.5. The van der Waals surface area contributed by atoms with Gasteiger partial charge < -0.3 is 5.32 Å². The number of amides is 1. The third-order valence-corrected chi connectivity index (χ3v) is 6.83. The summed E-state index contributed by atoms with van der Waals surface area (Å²) in [6.07, 6.45) is -1.51. The quantitative estimate of drug-likeness (QED) is 0.294. The molecule has 0 aliphatic heterocycles. The molecule has 0 bridgehead atoms. The zero-order chi connectivity index (χ0) is 25.8. The van der Waals surface area contributed by atoms with E-state index in [1.54, 1.807) is 18.2 Å². The molecule has 0 unspecified atom stereocenters. The Morgan fingerprint density at radius 1 is 1.14 bits per heavy atom. The minimum Gasteiger partial charge on any atom is -0.306 e. The summed E-state index contributed by atoms with van der Waals surface area (Å²) in [7, 11) is 0. The second-order valence-electron chi connectivity index (χ2n) is 8.58. The van der Waals surface area contributed by atoms with E-state index >= 15 is 0 Å². The molecule has 1 aliphatic rings. The van der Waals surface area contributed by atoms with Gasteiger partial charge in [-0.15, -0.1) is 0 Å². The molecule has 1 aliphatic carbocycles. The number of nitrogens with one attached hydrogen (secondary N) is 1. The van der Waals surface area contributed by atoms with Crippen molar-refractivity contribution in [3.8, 4) is 0 Å². The Labute approximate surface area is 218 Å². The van der Waals surface area contributed by atoms with E-state index in [2.05, 4.69) is 20.5 Å². The summed E-state index contributed by atoms with van der Waals surface area (Å²) in [6, 6.07) is 6.20. The minimum absolute atomic E-state index is 0.0117. The predicted octanol–water partition coefficient (Wildman–Crippen LogP) is 6.48. The topological polar surface area (TPSA) is 77.6 Å². The van der Waals surface area contributed by atoms with Crippen LogP contribution in [0.15, 0.2) is 30.5 Å². The lowest BCUT2D eigenvalue weighted by Gasteiger charge is -2.11. The van der Waals surface area contributed by atoms with Crippen molar-refractivity contribution in [2.24, 2.45) is 0 Å². The summed E-state index contributed by atoms with van der Waals surface area (Å²) in [5, 5.41) is 12.0. The van der Waals surface area contributed by atoms with E-state index in [1.165, 1.54) is 22.5 Å². The maximum Gasteiger partial charge on any atom is 0.417 e. The average molecular weight is 558 g/mol. The van der Waals surface area contributed by atoms with Gasteiger partial charge in [0.05, 0.1) is 23.2 Å². The summed E-state index contributed by atoms with van der Waals surface area (Å²) >= 11 is 18.7. The molecular formula is C23H18Cl3F3N6O. The summed E-state index contributed by atoms with van der Waals surface area (Å²) < 4.78 is 44.0. The first kappa shape index (κ1) is 24.9. The number of aromatic nitrogens is 5. The van der Waals surface area contributed by atoms with Crippen LogP contribution in [0.3, 0.4) is 0 Å². The summed E-state index contributed by atoms with van der Waals surface area (Å²) in [4.78, 5) is 17.2. The zero-order valence-corrected chi connectivity index (χ0v) is 21.0. The molecule has 1 fully saturated rings. The van der Waals surface area contributed by atoms with E-state index in [9.17, 15) is 18.0 Å². The number of carbonyl (C=O) groups excluding carboxylic acids is 1. The fraction of sp³-hybridized carbons (Fsp3) is 0.304. The molecule has 1 amide bonds. The largest absolute Gasteiger partial charge is 0.417 e. The lowest BCUT2D eigenvalue weighted by molar-refractivity contribution is -0.136. The smallest absolute Gasteiger partial charge is 0.306 e. The molecule has 0 saturated heterocycles. The zero-order valence-electron chi connectivity index (χ0n) is 18.7. The van der Waals surface area contributed by atoms with Crippen LogP contribution >= 0.6 is 34.8 Å². The first-order valence-electron chi connectivity index (χ1n) is 10.9. The number of rotatable bonds is 6. The summed E-state index contributed by atoms with van der Waals surface area (Å²) in [6.45, 7) is 1.30. The Kier molecular flexibility index (Phi) is 6.38. The number of hydrogen-bond acceptors (Lipinski definition) is 4. The number of anilines is 1. The standard InChI is InChI=1S/C23H18Cl3F3N6O/c1-11-20-14(23(27,28)29)7-18(12-5-6-12)30-22(20)35(32-11)10-19(36)31-21-17(26)9-34(33-21)8-13-15(24)3-2-4-16(13)25/h2-4,7,9,12H,5-6,8,10H2,1H3,(H,31,33,36). The highest BCUT2D eigenvalue weighted by Crippen LogP contribution is 2.43. The third-order valence-electron chi connectivity index (χ3n) is 5.85. The van der Waals surface area contributed by atoms with E-state index in [0.29, 0.717) is 21.3 Å². The van der Waals surface area contributed by atoms with Gasteiger partial charge in [-0.25, -0.2) is 9.67 Å². The van der Waals surface area contributed by atoms with Gasteiger partial charge in [-0.1, -0.05) is 40.9 Å². The molecule has 0 atom stereocenters. The van der Waals surface area contributed by atoms with Gasteiger partial charge in [0.1, 0.15) is 11.6 Å². The molecule has 7 nitrogen and oxygen atoms in total. The van der Waals surface area contributed by atoms with Gasteiger partial charge in [-0.2, -0.15) is 23.4 Å². The van der Waals surface area contributed by atoms with E-state index in [1.807, 2.05) is 0 Å². The van der Waals surface area contributed by atoms with Crippen molar-refractivity contribution in [3.05, 3.63) is 68.0 Å². The first-order chi connectivity index (χ1) is 17.0. The van der Waals surface area contributed by atoms with Crippen LogP contribution in [0.5, 0.6) is 0 Å². The predicted molar refractivity (Wildman–Crippen MR) is 131 cm³/mol. The van der Waals surface area contributed by atoms with Crippen LogP contribution in [0, 0.1) is 6.92 Å². The van der Waals surface area contributed by atoms with Crippen LogP contribution in [-0.2, 0) is 24.1 Å². The Morgan fingerprint density at radius 3 is 2.47 bits per heavy atom. The van der Waals surface area contributed by atoms with Crippen molar-refractivity contribution in [1.82, 2.24) is 24.5 Å².